The lowest BCUT2D eigenvalue weighted by molar-refractivity contribution is -0.120. The normalized spacial score (nSPS) is 12.4. The first kappa shape index (κ1) is 26.0. The monoisotopic (exact) mass is 500 g/mol. The summed E-state index contributed by atoms with van der Waals surface area (Å²) in [7, 11) is 0. The molecule has 0 aliphatic carbocycles. The predicted molar refractivity (Wildman–Crippen MR) is 138 cm³/mol. The van der Waals surface area contributed by atoms with Crippen LogP contribution in [0.15, 0.2) is 60.8 Å². The van der Waals surface area contributed by atoms with Crippen LogP contribution in [-0.4, -0.2) is 28.1 Å². The van der Waals surface area contributed by atoms with Crippen molar-refractivity contribution in [1.82, 2.24) is 15.6 Å². The average Bonchev–Trinajstić information content (AvgIpc) is 2.76. The van der Waals surface area contributed by atoms with Crippen molar-refractivity contribution in [1.29, 1.82) is 0 Å². The number of hydrogen-bond acceptors (Lipinski definition) is 5. The topological polar surface area (TPSA) is 100 Å². The molecule has 1 heterocycles. The van der Waals surface area contributed by atoms with Crippen LogP contribution < -0.4 is 16.4 Å². The molecule has 2 aromatic carbocycles. The minimum atomic E-state index is -0.684. The number of nitrogen functional groups attached to an aromatic ring is 1. The van der Waals surface area contributed by atoms with Crippen molar-refractivity contribution in [3.05, 3.63) is 93.1 Å². The molecule has 0 radical (unpaired) electrons. The number of nitrogens with zero attached hydrogens (tertiary/aromatic N) is 1. The number of rotatable bonds is 10. The number of pyridine rings is 1. The first-order valence-electron chi connectivity index (χ1n) is 11.0. The van der Waals surface area contributed by atoms with Crippen molar-refractivity contribution in [2.45, 2.75) is 44.9 Å². The maximum absolute atomic E-state index is 12.5. The van der Waals surface area contributed by atoms with Gasteiger partial charge in [0.1, 0.15) is 5.82 Å². The fourth-order valence-corrected chi connectivity index (χ4v) is 4.26. The highest BCUT2D eigenvalue weighted by Crippen LogP contribution is 2.20. The van der Waals surface area contributed by atoms with E-state index in [0.29, 0.717) is 34.5 Å². The molecular weight excluding hydrogens is 471 g/mol. The summed E-state index contributed by atoms with van der Waals surface area (Å²) in [6.45, 7) is 4.91. The molecule has 1 amide bonds. The van der Waals surface area contributed by atoms with Crippen LogP contribution in [0.1, 0.15) is 42.2 Å². The van der Waals surface area contributed by atoms with E-state index in [1.165, 1.54) is 0 Å². The van der Waals surface area contributed by atoms with Gasteiger partial charge in [-0.1, -0.05) is 53.5 Å². The number of carbonyl (C=O) groups is 1. The second-order valence-electron chi connectivity index (χ2n) is 9.02. The van der Waals surface area contributed by atoms with Gasteiger partial charge in [0.25, 0.3) is 0 Å². The van der Waals surface area contributed by atoms with E-state index < -0.39 is 6.10 Å². The first-order valence-corrected chi connectivity index (χ1v) is 11.8. The number of aromatic nitrogens is 1. The summed E-state index contributed by atoms with van der Waals surface area (Å²) in [5.41, 5.74) is 8.94. The zero-order chi connectivity index (χ0) is 24.7. The predicted octanol–water partition coefficient (Wildman–Crippen LogP) is 4.47. The van der Waals surface area contributed by atoms with Gasteiger partial charge >= 0.3 is 0 Å². The Morgan fingerprint density at radius 1 is 1.06 bits per heavy atom. The molecular formula is C26H30Cl2N4O2. The zero-order valence-corrected chi connectivity index (χ0v) is 20.8. The van der Waals surface area contributed by atoms with Gasteiger partial charge in [0.05, 0.1) is 12.5 Å². The Hall–Kier alpha value is -2.64. The first-order chi connectivity index (χ1) is 16.1. The summed E-state index contributed by atoms with van der Waals surface area (Å²) in [6, 6.07) is 16.7. The standard InChI is InChI=1S/C26H30Cl2N4O2/c1-26(2,32-16-23(33)20-6-7-24(29)30-15-20)13-18-5-3-4-17(8-18)11-25(34)31-14-19-9-21(27)12-22(28)10-19/h3-10,12,15,23,32-33H,11,13-14,16H2,1-2H3,(H2,29,30)(H,31,34). The summed E-state index contributed by atoms with van der Waals surface area (Å²) in [5.74, 6) is 0.345. The second kappa shape index (κ2) is 11.7. The van der Waals surface area contributed by atoms with Gasteiger partial charge in [-0.2, -0.15) is 0 Å². The zero-order valence-electron chi connectivity index (χ0n) is 19.3. The van der Waals surface area contributed by atoms with Crippen molar-refractivity contribution < 1.29 is 9.90 Å². The second-order valence-corrected chi connectivity index (χ2v) is 9.90. The van der Waals surface area contributed by atoms with Crippen molar-refractivity contribution in [2.24, 2.45) is 0 Å². The van der Waals surface area contributed by atoms with Crippen molar-refractivity contribution in [3.63, 3.8) is 0 Å². The van der Waals surface area contributed by atoms with Crippen LogP contribution in [0.2, 0.25) is 10.0 Å². The lowest BCUT2D eigenvalue weighted by Gasteiger charge is -2.28. The van der Waals surface area contributed by atoms with E-state index in [-0.39, 0.29) is 17.9 Å². The molecule has 0 bridgehead atoms. The number of nitrogens with one attached hydrogen (secondary N) is 2. The van der Waals surface area contributed by atoms with E-state index in [1.807, 2.05) is 24.3 Å². The number of β-amino-alcohol motifs (C(OH)–C–C–N with tert-alkyl or cyclic N) is 1. The molecule has 1 aromatic heterocycles. The SMILES string of the molecule is CC(C)(Cc1cccc(CC(=O)NCc2cc(Cl)cc(Cl)c2)c1)NCC(O)c1ccc(N)nc1. The Kier molecular flexibility index (Phi) is 8.91. The molecule has 0 aliphatic rings. The number of halogens is 2. The molecule has 8 heteroatoms. The molecule has 0 spiro atoms. The molecule has 1 atom stereocenters. The molecule has 6 nitrogen and oxygen atoms in total. The van der Waals surface area contributed by atoms with Crippen LogP contribution in [0.5, 0.6) is 0 Å². The molecule has 34 heavy (non-hydrogen) atoms. The van der Waals surface area contributed by atoms with Gasteiger partial charge < -0.3 is 21.5 Å². The third-order valence-corrected chi connectivity index (χ3v) is 5.82. The summed E-state index contributed by atoms with van der Waals surface area (Å²) < 4.78 is 0. The van der Waals surface area contributed by atoms with Crippen LogP contribution in [0, 0.1) is 0 Å². The highest BCUT2D eigenvalue weighted by molar-refractivity contribution is 6.34. The van der Waals surface area contributed by atoms with Gasteiger partial charge in [-0.05, 0) is 61.2 Å². The third-order valence-electron chi connectivity index (χ3n) is 5.38. The molecule has 0 saturated carbocycles. The maximum atomic E-state index is 12.5. The van der Waals surface area contributed by atoms with Gasteiger partial charge in [0, 0.05) is 40.4 Å². The fraction of sp³-hybridized carbons (Fsp3) is 0.308. The quantitative estimate of drug-likeness (QED) is 0.329. The number of carbonyl (C=O) groups excluding carboxylic acids is 1. The molecule has 3 aromatic rings. The van der Waals surface area contributed by atoms with Crippen LogP contribution in [-0.2, 0) is 24.2 Å². The molecule has 1 unspecified atom stereocenters. The van der Waals surface area contributed by atoms with E-state index in [1.54, 1.807) is 36.5 Å². The molecule has 0 fully saturated rings. The molecule has 0 aliphatic heterocycles. The van der Waals surface area contributed by atoms with Crippen molar-refractivity contribution in [3.8, 4) is 0 Å². The third kappa shape index (κ3) is 8.29. The number of nitrogens with two attached hydrogens (primary N) is 1. The van der Waals surface area contributed by atoms with Crippen molar-refractivity contribution >= 4 is 34.9 Å². The minimum absolute atomic E-state index is 0.0779. The van der Waals surface area contributed by atoms with Gasteiger partial charge in [0.2, 0.25) is 5.91 Å². The Labute approximate surface area is 210 Å². The Balaban J connectivity index is 1.52. The highest BCUT2D eigenvalue weighted by atomic mass is 35.5. The van der Waals surface area contributed by atoms with Gasteiger partial charge in [0.15, 0.2) is 0 Å². The summed E-state index contributed by atoms with van der Waals surface area (Å²) in [6.07, 6.45) is 1.91. The van der Waals surface area contributed by atoms with E-state index in [9.17, 15) is 9.90 Å². The Morgan fingerprint density at radius 2 is 1.76 bits per heavy atom. The van der Waals surface area contributed by atoms with Crippen molar-refractivity contribution in [2.75, 3.05) is 12.3 Å². The van der Waals surface area contributed by atoms with Crippen LogP contribution in [0.3, 0.4) is 0 Å². The molecule has 0 saturated heterocycles. The van der Waals surface area contributed by atoms with E-state index in [0.717, 1.165) is 23.1 Å². The largest absolute Gasteiger partial charge is 0.387 e. The average molecular weight is 501 g/mol. The van der Waals surface area contributed by atoms with Crippen LogP contribution >= 0.6 is 23.2 Å². The van der Waals surface area contributed by atoms with E-state index in [4.69, 9.17) is 28.9 Å². The van der Waals surface area contributed by atoms with Gasteiger partial charge in [-0.3, -0.25) is 4.79 Å². The maximum Gasteiger partial charge on any atom is 0.224 e. The number of benzene rings is 2. The summed E-state index contributed by atoms with van der Waals surface area (Å²) in [5, 5.41) is 17.9. The summed E-state index contributed by atoms with van der Waals surface area (Å²) >= 11 is 12.0. The highest BCUT2D eigenvalue weighted by Gasteiger charge is 2.20. The van der Waals surface area contributed by atoms with Gasteiger partial charge in [-0.25, -0.2) is 4.98 Å². The minimum Gasteiger partial charge on any atom is -0.387 e. The Bertz CT molecular complexity index is 1100. The number of aliphatic hydroxyl groups is 1. The molecule has 5 N–H and O–H groups in total. The molecule has 3 rings (SSSR count). The number of aliphatic hydroxyl groups excluding tert-OH is 1. The molecule has 180 valence electrons. The van der Waals surface area contributed by atoms with E-state index >= 15 is 0 Å². The summed E-state index contributed by atoms with van der Waals surface area (Å²) in [4.78, 5) is 16.5. The number of hydrogen-bond donors (Lipinski definition) is 4. The fourth-order valence-electron chi connectivity index (χ4n) is 3.69. The number of anilines is 1. The van der Waals surface area contributed by atoms with Gasteiger partial charge in [-0.15, -0.1) is 0 Å². The Morgan fingerprint density at radius 3 is 2.44 bits per heavy atom. The lowest BCUT2D eigenvalue weighted by atomic mass is 9.93. The smallest absolute Gasteiger partial charge is 0.224 e. The lowest BCUT2D eigenvalue weighted by Crippen LogP contribution is -2.43. The van der Waals surface area contributed by atoms with E-state index in [2.05, 4.69) is 29.5 Å². The van der Waals surface area contributed by atoms with Crippen LogP contribution in [0.25, 0.3) is 0 Å². The van der Waals surface area contributed by atoms with Crippen LogP contribution in [0.4, 0.5) is 5.82 Å². The number of amides is 1.